The number of benzene rings is 1. The van der Waals surface area contributed by atoms with Gasteiger partial charge in [0.05, 0.1) is 7.11 Å². The smallest absolute Gasteiger partial charge is 0.123 e. The number of aryl methyl sites for hydroxylation is 1. The second kappa shape index (κ2) is 7.93. The monoisotopic (exact) mass is 247 g/mol. The van der Waals surface area contributed by atoms with Crippen molar-refractivity contribution in [2.24, 2.45) is 0 Å². The van der Waals surface area contributed by atoms with Crippen LogP contribution in [0.5, 0.6) is 5.75 Å². The lowest BCUT2D eigenvalue weighted by Gasteiger charge is -2.21. The van der Waals surface area contributed by atoms with Crippen molar-refractivity contribution in [2.75, 3.05) is 13.7 Å². The van der Waals surface area contributed by atoms with Crippen molar-refractivity contribution < 1.29 is 4.74 Å². The van der Waals surface area contributed by atoms with Gasteiger partial charge in [-0.25, -0.2) is 0 Å². The molecule has 2 nitrogen and oxygen atoms in total. The van der Waals surface area contributed by atoms with Crippen LogP contribution in [0.2, 0.25) is 0 Å². The molecule has 1 aromatic rings. The Bertz CT molecular complexity index is 373. The quantitative estimate of drug-likeness (QED) is 0.553. The molecule has 0 saturated carbocycles. The lowest BCUT2D eigenvalue weighted by Crippen LogP contribution is -2.21. The van der Waals surface area contributed by atoms with Crippen LogP contribution in [0.1, 0.15) is 43.4 Å². The Balaban J connectivity index is 2.88. The summed E-state index contributed by atoms with van der Waals surface area (Å²) in [5, 5.41) is 3.55. The molecule has 0 bridgehead atoms. The Labute approximate surface area is 111 Å². The summed E-state index contributed by atoms with van der Waals surface area (Å²) in [5.41, 5.74) is 2.54. The van der Waals surface area contributed by atoms with E-state index in [0.29, 0.717) is 6.04 Å². The Kier molecular flexibility index (Phi) is 6.51. The zero-order valence-corrected chi connectivity index (χ0v) is 11.8. The summed E-state index contributed by atoms with van der Waals surface area (Å²) in [6.45, 7) is 9.01. The van der Waals surface area contributed by atoms with Crippen LogP contribution in [0, 0.1) is 6.92 Å². The molecule has 0 aliphatic rings. The van der Waals surface area contributed by atoms with E-state index in [0.717, 1.165) is 31.6 Å². The summed E-state index contributed by atoms with van der Waals surface area (Å²) >= 11 is 0. The van der Waals surface area contributed by atoms with Crippen molar-refractivity contribution in [1.82, 2.24) is 5.32 Å². The molecule has 1 aromatic carbocycles. The Morgan fingerprint density at radius 3 is 2.83 bits per heavy atom. The van der Waals surface area contributed by atoms with E-state index in [1.807, 2.05) is 6.08 Å². The molecule has 0 aromatic heterocycles. The zero-order valence-electron chi connectivity index (χ0n) is 11.8. The third-order valence-corrected chi connectivity index (χ3v) is 3.11. The van der Waals surface area contributed by atoms with Gasteiger partial charge in [0.25, 0.3) is 0 Å². The van der Waals surface area contributed by atoms with Crippen LogP contribution in [0.4, 0.5) is 0 Å². The maximum Gasteiger partial charge on any atom is 0.123 e. The van der Waals surface area contributed by atoms with Gasteiger partial charge in [0.1, 0.15) is 5.75 Å². The fourth-order valence-electron chi connectivity index (χ4n) is 2.21. The van der Waals surface area contributed by atoms with Crippen molar-refractivity contribution in [3.63, 3.8) is 0 Å². The molecule has 0 amide bonds. The zero-order chi connectivity index (χ0) is 13.4. The van der Waals surface area contributed by atoms with Gasteiger partial charge in [-0.1, -0.05) is 30.7 Å². The predicted molar refractivity (Wildman–Crippen MR) is 78.2 cm³/mol. The molecule has 0 aliphatic carbocycles. The van der Waals surface area contributed by atoms with Crippen LogP contribution < -0.4 is 10.1 Å². The van der Waals surface area contributed by atoms with E-state index < -0.39 is 0 Å². The Morgan fingerprint density at radius 2 is 2.22 bits per heavy atom. The van der Waals surface area contributed by atoms with E-state index in [-0.39, 0.29) is 0 Å². The molecule has 0 heterocycles. The summed E-state index contributed by atoms with van der Waals surface area (Å²) in [7, 11) is 1.74. The van der Waals surface area contributed by atoms with E-state index in [9.17, 15) is 0 Å². The summed E-state index contributed by atoms with van der Waals surface area (Å²) in [6.07, 6.45) is 5.31. The first-order valence-corrected chi connectivity index (χ1v) is 6.71. The number of rotatable bonds is 8. The highest BCUT2D eigenvalue weighted by Crippen LogP contribution is 2.29. The maximum atomic E-state index is 5.47. The largest absolute Gasteiger partial charge is 0.496 e. The SMILES string of the molecule is C=CCCCC(NCC)c1cc(C)ccc1OC. The van der Waals surface area contributed by atoms with Gasteiger partial charge in [0.2, 0.25) is 0 Å². The number of unbranched alkanes of at least 4 members (excludes halogenated alkanes) is 1. The third kappa shape index (κ3) is 4.19. The molecule has 1 atom stereocenters. The third-order valence-electron chi connectivity index (χ3n) is 3.11. The topological polar surface area (TPSA) is 21.3 Å². The number of hydrogen-bond acceptors (Lipinski definition) is 2. The van der Waals surface area contributed by atoms with Crippen LogP contribution >= 0.6 is 0 Å². The van der Waals surface area contributed by atoms with Crippen molar-refractivity contribution in [2.45, 2.75) is 39.2 Å². The first kappa shape index (κ1) is 14.8. The number of nitrogens with one attached hydrogen (secondary N) is 1. The van der Waals surface area contributed by atoms with Gasteiger partial charge in [-0.15, -0.1) is 6.58 Å². The molecule has 1 rings (SSSR count). The molecule has 0 spiro atoms. The highest BCUT2D eigenvalue weighted by atomic mass is 16.5. The second-order valence-electron chi connectivity index (χ2n) is 4.58. The van der Waals surface area contributed by atoms with Gasteiger partial charge < -0.3 is 10.1 Å². The minimum absolute atomic E-state index is 0.366. The van der Waals surface area contributed by atoms with Crippen LogP contribution in [0.25, 0.3) is 0 Å². The van der Waals surface area contributed by atoms with E-state index in [1.165, 1.54) is 11.1 Å². The van der Waals surface area contributed by atoms with Gasteiger partial charge in [-0.2, -0.15) is 0 Å². The van der Waals surface area contributed by atoms with Crippen molar-refractivity contribution >= 4 is 0 Å². The molecular weight excluding hydrogens is 222 g/mol. The molecule has 0 fully saturated rings. The Morgan fingerprint density at radius 1 is 1.44 bits per heavy atom. The predicted octanol–water partition coefficient (Wildman–Crippen LogP) is 4.01. The standard InChI is InChI=1S/C16H25NO/c1-5-7-8-9-15(17-6-2)14-12-13(3)10-11-16(14)18-4/h5,10-12,15,17H,1,6-9H2,2-4H3. The number of hydrogen-bond donors (Lipinski definition) is 1. The lowest BCUT2D eigenvalue weighted by atomic mass is 9.98. The first-order chi connectivity index (χ1) is 8.72. The molecule has 0 aliphatic heterocycles. The van der Waals surface area contributed by atoms with Crippen molar-refractivity contribution in [3.05, 3.63) is 42.0 Å². The molecule has 0 saturated heterocycles. The normalized spacial score (nSPS) is 12.2. The number of allylic oxidation sites excluding steroid dienone is 1. The van der Waals surface area contributed by atoms with Crippen molar-refractivity contribution in [1.29, 1.82) is 0 Å². The lowest BCUT2D eigenvalue weighted by molar-refractivity contribution is 0.394. The highest BCUT2D eigenvalue weighted by molar-refractivity contribution is 5.39. The van der Waals surface area contributed by atoms with Gasteiger partial charge in [-0.3, -0.25) is 0 Å². The molecule has 1 N–H and O–H groups in total. The molecule has 100 valence electrons. The fourth-order valence-corrected chi connectivity index (χ4v) is 2.21. The van der Waals surface area contributed by atoms with Crippen LogP contribution in [-0.2, 0) is 0 Å². The van der Waals surface area contributed by atoms with Crippen LogP contribution in [-0.4, -0.2) is 13.7 Å². The highest BCUT2D eigenvalue weighted by Gasteiger charge is 2.14. The minimum Gasteiger partial charge on any atom is -0.496 e. The van der Waals surface area contributed by atoms with Gasteiger partial charge in [-0.05, 0) is 38.8 Å². The average Bonchev–Trinajstić information content (AvgIpc) is 2.38. The van der Waals surface area contributed by atoms with Crippen molar-refractivity contribution in [3.8, 4) is 5.75 Å². The average molecular weight is 247 g/mol. The molecule has 2 heteroatoms. The van der Waals surface area contributed by atoms with E-state index in [2.05, 4.69) is 43.9 Å². The summed E-state index contributed by atoms with van der Waals surface area (Å²) in [5.74, 6) is 0.977. The maximum absolute atomic E-state index is 5.47. The number of methoxy groups -OCH3 is 1. The molecular formula is C16H25NO. The van der Waals surface area contributed by atoms with Gasteiger partial charge in [0, 0.05) is 11.6 Å². The second-order valence-corrected chi connectivity index (χ2v) is 4.58. The number of ether oxygens (including phenoxy) is 1. The minimum atomic E-state index is 0.366. The molecule has 0 radical (unpaired) electrons. The van der Waals surface area contributed by atoms with E-state index in [1.54, 1.807) is 7.11 Å². The van der Waals surface area contributed by atoms with Crippen LogP contribution in [0.3, 0.4) is 0 Å². The van der Waals surface area contributed by atoms with E-state index >= 15 is 0 Å². The molecule has 1 unspecified atom stereocenters. The van der Waals surface area contributed by atoms with Gasteiger partial charge in [0.15, 0.2) is 0 Å². The molecule has 18 heavy (non-hydrogen) atoms. The summed E-state index contributed by atoms with van der Waals surface area (Å²) in [4.78, 5) is 0. The summed E-state index contributed by atoms with van der Waals surface area (Å²) in [6, 6.07) is 6.74. The Hall–Kier alpha value is -1.28. The first-order valence-electron chi connectivity index (χ1n) is 6.71. The van der Waals surface area contributed by atoms with Crippen LogP contribution in [0.15, 0.2) is 30.9 Å². The summed E-state index contributed by atoms with van der Waals surface area (Å²) < 4.78 is 5.47. The van der Waals surface area contributed by atoms with E-state index in [4.69, 9.17) is 4.74 Å². The fraction of sp³-hybridized carbons (Fsp3) is 0.500. The van der Waals surface area contributed by atoms with Gasteiger partial charge >= 0.3 is 0 Å².